The van der Waals surface area contributed by atoms with Crippen molar-refractivity contribution in [1.82, 2.24) is 0 Å². The molecule has 0 aliphatic heterocycles. The minimum atomic E-state index is 0.877. The van der Waals surface area contributed by atoms with Gasteiger partial charge in [0.15, 0.2) is 0 Å². The Morgan fingerprint density at radius 2 is 1.85 bits per heavy atom. The zero-order valence-corrected chi connectivity index (χ0v) is 9.51. The van der Waals surface area contributed by atoms with Gasteiger partial charge in [-0.3, -0.25) is 0 Å². The molecule has 0 saturated carbocycles. The van der Waals surface area contributed by atoms with Crippen LogP contribution in [0.25, 0.3) is 10.1 Å². The summed E-state index contributed by atoms with van der Waals surface area (Å²) in [4.78, 5) is 1.37. The summed E-state index contributed by atoms with van der Waals surface area (Å²) < 4.78 is 1.34. The fourth-order valence-electron chi connectivity index (χ4n) is 1.55. The Balaban J connectivity index is 3.00. The molecule has 2 heteroatoms. The van der Waals surface area contributed by atoms with Crippen molar-refractivity contribution in [3.63, 3.8) is 0 Å². The number of aryl methyl sites for hydroxylation is 3. The molecule has 0 spiro atoms. The van der Waals surface area contributed by atoms with Crippen molar-refractivity contribution in [2.24, 2.45) is 0 Å². The number of rotatable bonds is 0. The maximum absolute atomic E-state index is 6.15. The van der Waals surface area contributed by atoms with Gasteiger partial charge < -0.3 is 0 Å². The van der Waals surface area contributed by atoms with Gasteiger partial charge in [0, 0.05) is 20.0 Å². The molecule has 0 fully saturated rings. The van der Waals surface area contributed by atoms with Gasteiger partial charge in [0.2, 0.25) is 0 Å². The lowest BCUT2D eigenvalue weighted by Crippen LogP contribution is -1.75. The molecule has 1 heterocycles. The van der Waals surface area contributed by atoms with Crippen molar-refractivity contribution in [3.8, 4) is 0 Å². The van der Waals surface area contributed by atoms with E-state index in [0.717, 1.165) is 5.02 Å². The van der Waals surface area contributed by atoms with Crippen LogP contribution in [0.4, 0.5) is 0 Å². The molecule has 0 amide bonds. The van der Waals surface area contributed by atoms with Gasteiger partial charge in [-0.15, -0.1) is 11.3 Å². The van der Waals surface area contributed by atoms with Crippen LogP contribution in [0.3, 0.4) is 0 Å². The third kappa shape index (κ3) is 1.27. The summed E-state index contributed by atoms with van der Waals surface area (Å²) in [5.41, 5.74) is 2.65. The molecule has 2 rings (SSSR count). The molecule has 0 nitrogen and oxygen atoms in total. The van der Waals surface area contributed by atoms with E-state index < -0.39 is 0 Å². The molecule has 2 aromatic rings. The van der Waals surface area contributed by atoms with Gasteiger partial charge in [-0.05, 0) is 38.0 Å². The number of halogens is 1. The number of benzene rings is 1. The second kappa shape index (κ2) is 3.00. The molecule has 0 unspecified atom stereocenters. The smallest absolute Gasteiger partial charge is 0.0495 e. The normalized spacial score (nSPS) is 11.1. The maximum Gasteiger partial charge on any atom is 0.0495 e. The average molecular weight is 211 g/mol. The number of hydrogen-bond donors (Lipinski definition) is 0. The van der Waals surface area contributed by atoms with E-state index in [1.54, 1.807) is 0 Å². The molecule has 0 N–H and O–H groups in total. The lowest BCUT2D eigenvalue weighted by atomic mass is 10.1. The molecular weight excluding hydrogens is 200 g/mol. The fourth-order valence-corrected chi connectivity index (χ4v) is 3.06. The first kappa shape index (κ1) is 9.04. The lowest BCUT2D eigenvalue weighted by Gasteiger charge is -1.98. The Hall–Kier alpha value is -0.530. The molecule has 0 aliphatic rings. The van der Waals surface area contributed by atoms with Gasteiger partial charge in [0.1, 0.15) is 0 Å². The molecule has 13 heavy (non-hydrogen) atoms. The Bertz CT molecular complexity index is 468. The third-order valence-electron chi connectivity index (χ3n) is 2.46. The molecular formula is C11H11ClS. The maximum atomic E-state index is 6.15. The summed E-state index contributed by atoms with van der Waals surface area (Å²) in [5.74, 6) is 0. The van der Waals surface area contributed by atoms with E-state index >= 15 is 0 Å². The van der Waals surface area contributed by atoms with E-state index in [4.69, 9.17) is 11.6 Å². The van der Waals surface area contributed by atoms with Crippen molar-refractivity contribution in [2.45, 2.75) is 20.8 Å². The Labute approximate surface area is 87.2 Å². The first-order chi connectivity index (χ1) is 6.11. The zero-order chi connectivity index (χ0) is 9.59. The van der Waals surface area contributed by atoms with E-state index in [1.807, 2.05) is 17.4 Å². The van der Waals surface area contributed by atoms with Gasteiger partial charge >= 0.3 is 0 Å². The van der Waals surface area contributed by atoms with Crippen molar-refractivity contribution in [3.05, 3.63) is 33.2 Å². The van der Waals surface area contributed by atoms with Crippen LogP contribution in [0, 0.1) is 20.8 Å². The molecule has 0 aliphatic carbocycles. The van der Waals surface area contributed by atoms with Gasteiger partial charge in [0.25, 0.3) is 0 Å². The standard InChI is InChI=1S/C11H11ClS/c1-6-4-5-9(12)10-7(2)8(3)13-11(6)10/h4-5H,1-3H3. The minimum Gasteiger partial charge on any atom is -0.140 e. The second-order valence-electron chi connectivity index (χ2n) is 3.35. The topological polar surface area (TPSA) is 0 Å². The number of fused-ring (bicyclic) bond motifs is 1. The molecule has 68 valence electrons. The summed E-state index contributed by atoms with van der Waals surface area (Å²) in [5, 5.41) is 2.12. The predicted octanol–water partition coefficient (Wildman–Crippen LogP) is 4.48. The van der Waals surface area contributed by atoms with Crippen molar-refractivity contribution < 1.29 is 0 Å². The monoisotopic (exact) mass is 210 g/mol. The van der Waals surface area contributed by atoms with Gasteiger partial charge in [-0.1, -0.05) is 17.7 Å². The van der Waals surface area contributed by atoms with Crippen LogP contribution in [0.2, 0.25) is 5.02 Å². The minimum absolute atomic E-state index is 0.877. The number of thiophene rings is 1. The SMILES string of the molecule is Cc1sc2c(C)ccc(Cl)c2c1C. The van der Waals surface area contributed by atoms with Crippen LogP contribution >= 0.6 is 22.9 Å². The molecule has 1 aromatic heterocycles. The number of hydrogen-bond acceptors (Lipinski definition) is 1. The second-order valence-corrected chi connectivity index (χ2v) is 4.98. The summed E-state index contributed by atoms with van der Waals surface area (Å²) in [6, 6.07) is 4.07. The summed E-state index contributed by atoms with van der Waals surface area (Å²) in [6.07, 6.45) is 0. The van der Waals surface area contributed by atoms with Crippen LogP contribution in [0.1, 0.15) is 16.0 Å². The summed E-state index contributed by atoms with van der Waals surface area (Å²) in [6.45, 7) is 6.42. The highest BCUT2D eigenvalue weighted by molar-refractivity contribution is 7.19. The van der Waals surface area contributed by atoms with Gasteiger partial charge in [0.05, 0.1) is 0 Å². The average Bonchev–Trinajstić information content (AvgIpc) is 2.38. The Morgan fingerprint density at radius 3 is 2.46 bits per heavy atom. The molecule has 1 aromatic carbocycles. The first-order valence-electron chi connectivity index (χ1n) is 4.26. The van der Waals surface area contributed by atoms with E-state index in [1.165, 1.54) is 26.1 Å². The van der Waals surface area contributed by atoms with Crippen LogP contribution in [-0.2, 0) is 0 Å². The van der Waals surface area contributed by atoms with Crippen LogP contribution in [0.15, 0.2) is 12.1 Å². The molecule has 0 radical (unpaired) electrons. The highest BCUT2D eigenvalue weighted by atomic mass is 35.5. The third-order valence-corrected chi connectivity index (χ3v) is 4.12. The molecule has 0 bridgehead atoms. The van der Waals surface area contributed by atoms with Crippen molar-refractivity contribution in [2.75, 3.05) is 0 Å². The van der Waals surface area contributed by atoms with Crippen LogP contribution in [-0.4, -0.2) is 0 Å². The van der Waals surface area contributed by atoms with Gasteiger partial charge in [-0.2, -0.15) is 0 Å². The highest BCUT2D eigenvalue weighted by Crippen LogP contribution is 2.36. The summed E-state index contributed by atoms with van der Waals surface area (Å²) in [7, 11) is 0. The van der Waals surface area contributed by atoms with Crippen LogP contribution in [0.5, 0.6) is 0 Å². The lowest BCUT2D eigenvalue weighted by molar-refractivity contribution is 1.47. The zero-order valence-electron chi connectivity index (χ0n) is 7.94. The Morgan fingerprint density at radius 1 is 1.15 bits per heavy atom. The van der Waals surface area contributed by atoms with Gasteiger partial charge in [-0.25, -0.2) is 0 Å². The predicted molar refractivity (Wildman–Crippen MR) is 61.0 cm³/mol. The van der Waals surface area contributed by atoms with Crippen molar-refractivity contribution in [1.29, 1.82) is 0 Å². The fraction of sp³-hybridized carbons (Fsp3) is 0.273. The summed E-state index contributed by atoms with van der Waals surface area (Å²) >= 11 is 7.99. The quantitative estimate of drug-likeness (QED) is 0.602. The van der Waals surface area contributed by atoms with E-state index in [9.17, 15) is 0 Å². The highest BCUT2D eigenvalue weighted by Gasteiger charge is 2.09. The first-order valence-corrected chi connectivity index (χ1v) is 5.45. The largest absolute Gasteiger partial charge is 0.140 e. The van der Waals surface area contributed by atoms with E-state index in [-0.39, 0.29) is 0 Å². The molecule has 0 atom stereocenters. The van der Waals surface area contributed by atoms with E-state index in [0.29, 0.717) is 0 Å². The molecule has 0 saturated heterocycles. The van der Waals surface area contributed by atoms with E-state index in [2.05, 4.69) is 26.8 Å². The van der Waals surface area contributed by atoms with Crippen LogP contribution < -0.4 is 0 Å². The van der Waals surface area contributed by atoms with Crippen molar-refractivity contribution >= 4 is 33.0 Å². The Kier molecular flexibility index (Phi) is 2.09.